The largest absolute Gasteiger partial charge is 0.314 e. The average molecular weight is 298 g/mol. The highest BCUT2D eigenvalue weighted by molar-refractivity contribution is 7.89. The third-order valence-corrected chi connectivity index (χ3v) is 4.54. The molecule has 0 aliphatic carbocycles. The van der Waals surface area contributed by atoms with Gasteiger partial charge in [0.15, 0.2) is 0 Å². The van der Waals surface area contributed by atoms with Crippen LogP contribution in [0.5, 0.6) is 0 Å². The molecule has 0 aliphatic rings. The van der Waals surface area contributed by atoms with E-state index in [0.717, 1.165) is 31.4 Å². The van der Waals surface area contributed by atoms with E-state index in [1.54, 1.807) is 12.1 Å². The summed E-state index contributed by atoms with van der Waals surface area (Å²) in [5.41, 5.74) is 1.15. The fourth-order valence-electron chi connectivity index (χ4n) is 1.94. The van der Waals surface area contributed by atoms with Gasteiger partial charge in [0.1, 0.15) is 0 Å². The summed E-state index contributed by atoms with van der Waals surface area (Å²) in [4.78, 5) is 0.337. The van der Waals surface area contributed by atoms with Gasteiger partial charge in [0, 0.05) is 12.6 Å². The van der Waals surface area contributed by atoms with Gasteiger partial charge < -0.3 is 5.32 Å². The van der Waals surface area contributed by atoms with Crippen molar-refractivity contribution >= 4 is 10.0 Å². The molecule has 2 N–H and O–H groups in total. The van der Waals surface area contributed by atoms with Crippen molar-refractivity contribution in [3.8, 4) is 0 Å². The number of hydrogen-bond acceptors (Lipinski definition) is 3. The van der Waals surface area contributed by atoms with E-state index in [-0.39, 0.29) is 0 Å². The molecule has 1 rings (SSSR count). The molecule has 0 saturated carbocycles. The van der Waals surface area contributed by atoms with Gasteiger partial charge in [-0.05, 0) is 50.4 Å². The second-order valence-electron chi connectivity index (χ2n) is 5.10. The summed E-state index contributed by atoms with van der Waals surface area (Å²) in [6.45, 7) is 7.71. The van der Waals surface area contributed by atoms with Gasteiger partial charge in [-0.15, -0.1) is 0 Å². The maximum atomic E-state index is 11.9. The predicted molar refractivity (Wildman–Crippen MR) is 83.4 cm³/mol. The molecule has 0 fully saturated rings. The molecule has 1 aromatic rings. The van der Waals surface area contributed by atoms with E-state index in [1.165, 1.54) is 0 Å². The fraction of sp³-hybridized carbons (Fsp3) is 0.600. The molecule has 0 aliphatic heterocycles. The minimum Gasteiger partial charge on any atom is -0.314 e. The van der Waals surface area contributed by atoms with Crippen LogP contribution in [0.15, 0.2) is 29.2 Å². The molecule has 1 atom stereocenters. The van der Waals surface area contributed by atoms with Crippen molar-refractivity contribution < 1.29 is 8.42 Å². The number of hydrogen-bond donors (Lipinski definition) is 2. The van der Waals surface area contributed by atoms with Gasteiger partial charge in [-0.25, -0.2) is 13.1 Å². The molecule has 20 heavy (non-hydrogen) atoms. The van der Waals surface area contributed by atoms with Gasteiger partial charge in [-0.1, -0.05) is 26.0 Å². The van der Waals surface area contributed by atoms with Crippen LogP contribution in [-0.4, -0.2) is 27.5 Å². The minimum absolute atomic E-state index is 0.337. The van der Waals surface area contributed by atoms with Crippen LogP contribution in [0.2, 0.25) is 0 Å². The Morgan fingerprint density at radius 1 is 1.05 bits per heavy atom. The molecular weight excluding hydrogens is 272 g/mol. The Bertz CT molecular complexity index is 483. The summed E-state index contributed by atoms with van der Waals surface area (Å²) in [6, 6.07) is 7.55. The molecule has 0 radical (unpaired) electrons. The van der Waals surface area contributed by atoms with E-state index in [0.29, 0.717) is 17.5 Å². The Kier molecular flexibility index (Phi) is 7.19. The van der Waals surface area contributed by atoms with Gasteiger partial charge in [-0.2, -0.15) is 0 Å². The van der Waals surface area contributed by atoms with Crippen molar-refractivity contribution in [2.45, 2.75) is 51.0 Å². The van der Waals surface area contributed by atoms with Crippen molar-refractivity contribution in [1.82, 2.24) is 10.0 Å². The van der Waals surface area contributed by atoms with Crippen LogP contribution in [0.4, 0.5) is 0 Å². The molecule has 4 nitrogen and oxygen atoms in total. The Morgan fingerprint density at radius 3 is 2.20 bits per heavy atom. The lowest BCUT2D eigenvalue weighted by molar-refractivity contribution is 0.543. The van der Waals surface area contributed by atoms with E-state index in [1.807, 2.05) is 19.1 Å². The zero-order valence-corrected chi connectivity index (χ0v) is 13.5. The minimum atomic E-state index is -3.35. The summed E-state index contributed by atoms with van der Waals surface area (Å²) in [7, 11) is -3.35. The highest BCUT2D eigenvalue weighted by Crippen LogP contribution is 2.12. The van der Waals surface area contributed by atoms with Gasteiger partial charge >= 0.3 is 0 Å². The Morgan fingerprint density at radius 2 is 1.65 bits per heavy atom. The van der Waals surface area contributed by atoms with Gasteiger partial charge in [0.2, 0.25) is 10.0 Å². The van der Waals surface area contributed by atoms with Crippen LogP contribution in [0, 0.1) is 0 Å². The monoisotopic (exact) mass is 298 g/mol. The molecule has 0 spiro atoms. The number of rotatable bonds is 9. The van der Waals surface area contributed by atoms with Gasteiger partial charge in [0.05, 0.1) is 4.90 Å². The number of sulfonamides is 1. The molecule has 1 unspecified atom stereocenters. The molecule has 0 amide bonds. The topological polar surface area (TPSA) is 58.2 Å². The third kappa shape index (κ3) is 5.61. The smallest absolute Gasteiger partial charge is 0.240 e. The van der Waals surface area contributed by atoms with E-state index in [4.69, 9.17) is 0 Å². The van der Waals surface area contributed by atoms with Crippen molar-refractivity contribution in [1.29, 1.82) is 0 Å². The third-order valence-electron chi connectivity index (χ3n) is 3.06. The summed E-state index contributed by atoms with van der Waals surface area (Å²) in [5, 5.41) is 3.42. The van der Waals surface area contributed by atoms with E-state index < -0.39 is 10.0 Å². The molecule has 0 bridgehead atoms. The number of benzene rings is 1. The lowest BCUT2D eigenvalue weighted by atomic mass is 10.1. The lowest BCUT2D eigenvalue weighted by Gasteiger charge is -2.13. The van der Waals surface area contributed by atoms with Crippen molar-refractivity contribution in [2.75, 3.05) is 13.1 Å². The van der Waals surface area contributed by atoms with E-state index >= 15 is 0 Å². The summed E-state index contributed by atoms with van der Waals surface area (Å²) in [5.74, 6) is 0. The molecule has 5 heteroatoms. The van der Waals surface area contributed by atoms with Crippen LogP contribution >= 0.6 is 0 Å². The van der Waals surface area contributed by atoms with Gasteiger partial charge in [-0.3, -0.25) is 0 Å². The molecule has 0 aromatic heterocycles. The molecular formula is C15H26N2O2S. The standard InChI is InChI=1S/C15H26N2O2S/c1-4-10-16-13(3)12-14-6-8-15(9-7-14)20(18,19)17-11-5-2/h6-9,13,16-17H,4-5,10-12H2,1-3H3. The Hall–Kier alpha value is -0.910. The first kappa shape index (κ1) is 17.1. The van der Waals surface area contributed by atoms with Crippen molar-refractivity contribution in [3.63, 3.8) is 0 Å². The second kappa shape index (κ2) is 8.39. The first-order chi connectivity index (χ1) is 9.49. The molecule has 0 saturated heterocycles. The van der Waals surface area contributed by atoms with Crippen LogP contribution in [0.3, 0.4) is 0 Å². The zero-order valence-electron chi connectivity index (χ0n) is 12.6. The number of nitrogens with one attached hydrogen (secondary N) is 2. The Balaban J connectivity index is 2.64. The molecule has 0 heterocycles. The first-order valence-corrected chi connectivity index (χ1v) is 8.80. The maximum absolute atomic E-state index is 11.9. The Labute approximate surface area is 123 Å². The lowest BCUT2D eigenvalue weighted by Crippen LogP contribution is -2.28. The summed E-state index contributed by atoms with van der Waals surface area (Å²) in [6.07, 6.45) is 2.81. The quantitative estimate of drug-likeness (QED) is 0.735. The fourth-order valence-corrected chi connectivity index (χ4v) is 3.07. The highest BCUT2D eigenvalue weighted by atomic mass is 32.2. The van der Waals surface area contributed by atoms with Crippen molar-refractivity contribution in [3.05, 3.63) is 29.8 Å². The normalized spacial score (nSPS) is 13.3. The van der Waals surface area contributed by atoms with Gasteiger partial charge in [0.25, 0.3) is 0 Å². The SMILES string of the molecule is CCCNC(C)Cc1ccc(S(=O)(=O)NCCC)cc1. The highest BCUT2D eigenvalue weighted by Gasteiger charge is 2.12. The van der Waals surface area contributed by atoms with Crippen molar-refractivity contribution in [2.24, 2.45) is 0 Å². The summed E-state index contributed by atoms with van der Waals surface area (Å²) < 4.78 is 26.5. The van der Waals surface area contributed by atoms with Crippen LogP contribution in [0.25, 0.3) is 0 Å². The summed E-state index contributed by atoms with van der Waals surface area (Å²) >= 11 is 0. The maximum Gasteiger partial charge on any atom is 0.240 e. The zero-order chi connectivity index (χ0) is 15.0. The average Bonchev–Trinajstić information content (AvgIpc) is 2.43. The van der Waals surface area contributed by atoms with Crippen LogP contribution < -0.4 is 10.0 Å². The van der Waals surface area contributed by atoms with E-state index in [2.05, 4.69) is 23.9 Å². The van der Waals surface area contributed by atoms with Crippen LogP contribution in [0.1, 0.15) is 39.2 Å². The molecule has 114 valence electrons. The van der Waals surface area contributed by atoms with Crippen LogP contribution in [-0.2, 0) is 16.4 Å². The first-order valence-electron chi connectivity index (χ1n) is 7.31. The van der Waals surface area contributed by atoms with E-state index in [9.17, 15) is 8.42 Å². The predicted octanol–water partition coefficient (Wildman–Crippen LogP) is 2.31. The second-order valence-corrected chi connectivity index (χ2v) is 6.87. The molecule has 1 aromatic carbocycles.